The minimum Gasteiger partial charge on any atom is -0.478 e. The van der Waals surface area contributed by atoms with Crippen LogP contribution in [0, 0.1) is 6.92 Å². The molecule has 2 nitrogen and oxygen atoms in total. The molecule has 0 saturated carbocycles. The van der Waals surface area contributed by atoms with E-state index in [1.54, 1.807) is 6.07 Å². The number of carboxylic acid groups (broad SMARTS) is 1. The summed E-state index contributed by atoms with van der Waals surface area (Å²) in [6.45, 7) is 3.82. The predicted molar refractivity (Wildman–Crippen MR) is 47.5 cm³/mol. The van der Waals surface area contributed by atoms with Gasteiger partial charge in [0.2, 0.25) is 0 Å². The largest absolute Gasteiger partial charge is 0.478 e. The Morgan fingerprint density at radius 1 is 1.50 bits per heavy atom. The summed E-state index contributed by atoms with van der Waals surface area (Å²) in [5.41, 5.74) is 2.30. The molecule has 0 spiro atoms. The molecular formula is C10H12O2. The number of benzene rings is 1. The smallest absolute Gasteiger partial charge is 0.335 e. The number of aryl methyl sites for hydroxylation is 2. The van der Waals surface area contributed by atoms with E-state index in [-0.39, 0.29) is 0 Å². The molecule has 0 aliphatic carbocycles. The van der Waals surface area contributed by atoms with Crippen LogP contribution < -0.4 is 0 Å². The molecule has 1 rings (SSSR count). The first-order valence-electron chi connectivity index (χ1n) is 3.98. The van der Waals surface area contributed by atoms with Gasteiger partial charge in [0.1, 0.15) is 0 Å². The lowest BCUT2D eigenvalue weighted by atomic mass is 10.0. The molecule has 0 unspecified atom stereocenters. The SMILES string of the molecule is CCc1ccc(C)c(C(=O)O)c1. The van der Waals surface area contributed by atoms with Crippen LogP contribution in [-0.4, -0.2) is 11.1 Å². The Balaban J connectivity index is 3.17. The first-order chi connectivity index (χ1) is 5.65. The number of aromatic carboxylic acids is 1. The second kappa shape index (κ2) is 3.39. The summed E-state index contributed by atoms with van der Waals surface area (Å²) in [6, 6.07) is 5.54. The molecule has 1 N–H and O–H groups in total. The van der Waals surface area contributed by atoms with Gasteiger partial charge in [-0.2, -0.15) is 0 Å². The number of carbonyl (C=O) groups is 1. The predicted octanol–water partition coefficient (Wildman–Crippen LogP) is 2.26. The van der Waals surface area contributed by atoms with Crippen molar-refractivity contribution in [2.45, 2.75) is 20.3 Å². The van der Waals surface area contributed by atoms with Gasteiger partial charge in [-0.15, -0.1) is 0 Å². The average molecular weight is 164 g/mol. The van der Waals surface area contributed by atoms with E-state index in [9.17, 15) is 4.79 Å². The van der Waals surface area contributed by atoms with E-state index in [1.807, 2.05) is 26.0 Å². The van der Waals surface area contributed by atoms with Gasteiger partial charge in [-0.1, -0.05) is 19.1 Å². The van der Waals surface area contributed by atoms with Gasteiger partial charge in [0.25, 0.3) is 0 Å². The number of carboxylic acids is 1. The molecule has 0 bridgehead atoms. The molecule has 0 saturated heterocycles. The second-order valence-corrected chi connectivity index (χ2v) is 2.81. The van der Waals surface area contributed by atoms with Crippen molar-refractivity contribution in [1.82, 2.24) is 0 Å². The van der Waals surface area contributed by atoms with E-state index >= 15 is 0 Å². The van der Waals surface area contributed by atoms with Crippen LogP contribution in [0.25, 0.3) is 0 Å². The lowest BCUT2D eigenvalue weighted by Gasteiger charge is -2.02. The van der Waals surface area contributed by atoms with Crippen molar-refractivity contribution < 1.29 is 9.90 Å². The third-order valence-electron chi connectivity index (χ3n) is 1.94. The molecular weight excluding hydrogens is 152 g/mol. The summed E-state index contributed by atoms with van der Waals surface area (Å²) in [7, 11) is 0. The molecule has 64 valence electrons. The summed E-state index contributed by atoms with van der Waals surface area (Å²) in [6.07, 6.45) is 0.876. The summed E-state index contributed by atoms with van der Waals surface area (Å²) in [5, 5.41) is 8.79. The second-order valence-electron chi connectivity index (χ2n) is 2.81. The Bertz CT molecular complexity index is 303. The van der Waals surface area contributed by atoms with E-state index < -0.39 is 5.97 Å². The van der Waals surface area contributed by atoms with Crippen LogP contribution in [0.15, 0.2) is 18.2 Å². The molecule has 0 heterocycles. The van der Waals surface area contributed by atoms with E-state index in [1.165, 1.54) is 0 Å². The zero-order valence-corrected chi connectivity index (χ0v) is 7.29. The van der Waals surface area contributed by atoms with Gasteiger partial charge in [0.05, 0.1) is 5.56 Å². The number of hydrogen-bond acceptors (Lipinski definition) is 1. The monoisotopic (exact) mass is 164 g/mol. The van der Waals surface area contributed by atoms with E-state index in [4.69, 9.17) is 5.11 Å². The standard InChI is InChI=1S/C10H12O2/c1-3-8-5-4-7(2)9(6-8)10(11)12/h4-6H,3H2,1-2H3,(H,11,12). The van der Waals surface area contributed by atoms with E-state index in [0.717, 1.165) is 17.5 Å². The zero-order chi connectivity index (χ0) is 9.14. The third kappa shape index (κ3) is 1.64. The highest BCUT2D eigenvalue weighted by Crippen LogP contribution is 2.11. The van der Waals surface area contributed by atoms with Gasteiger partial charge < -0.3 is 5.11 Å². The first-order valence-corrected chi connectivity index (χ1v) is 3.98. The van der Waals surface area contributed by atoms with Gasteiger partial charge >= 0.3 is 5.97 Å². The van der Waals surface area contributed by atoms with Crippen molar-refractivity contribution in [1.29, 1.82) is 0 Å². The van der Waals surface area contributed by atoms with Crippen molar-refractivity contribution in [3.8, 4) is 0 Å². The summed E-state index contributed by atoms with van der Waals surface area (Å²) in [4.78, 5) is 10.7. The third-order valence-corrected chi connectivity index (χ3v) is 1.94. The lowest BCUT2D eigenvalue weighted by molar-refractivity contribution is 0.0696. The van der Waals surface area contributed by atoms with Crippen molar-refractivity contribution in [2.75, 3.05) is 0 Å². The molecule has 0 fully saturated rings. The van der Waals surface area contributed by atoms with Gasteiger partial charge in [-0.05, 0) is 30.5 Å². The van der Waals surface area contributed by atoms with E-state index in [0.29, 0.717) is 5.56 Å². The number of hydrogen-bond donors (Lipinski definition) is 1. The number of rotatable bonds is 2. The lowest BCUT2D eigenvalue weighted by Crippen LogP contribution is -2.00. The Kier molecular flexibility index (Phi) is 2.48. The maximum Gasteiger partial charge on any atom is 0.335 e. The fourth-order valence-electron chi connectivity index (χ4n) is 1.12. The molecule has 1 aromatic carbocycles. The van der Waals surface area contributed by atoms with Crippen LogP contribution in [0.2, 0.25) is 0 Å². The van der Waals surface area contributed by atoms with Crippen LogP contribution in [0.1, 0.15) is 28.4 Å². The molecule has 1 aromatic rings. The van der Waals surface area contributed by atoms with Crippen LogP contribution in [0.4, 0.5) is 0 Å². The van der Waals surface area contributed by atoms with Crippen molar-refractivity contribution in [3.05, 3.63) is 34.9 Å². The molecule has 12 heavy (non-hydrogen) atoms. The van der Waals surface area contributed by atoms with Gasteiger partial charge in [-0.3, -0.25) is 0 Å². The topological polar surface area (TPSA) is 37.3 Å². The molecule has 0 aliphatic heterocycles. The molecule has 0 aromatic heterocycles. The van der Waals surface area contributed by atoms with Crippen LogP contribution >= 0.6 is 0 Å². The molecule has 0 aliphatic rings. The quantitative estimate of drug-likeness (QED) is 0.727. The summed E-state index contributed by atoms with van der Waals surface area (Å²) >= 11 is 0. The fraction of sp³-hybridized carbons (Fsp3) is 0.300. The molecule has 0 atom stereocenters. The summed E-state index contributed by atoms with van der Waals surface area (Å²) in [5.74, 6) is -0.845. The van der Waals surface area contributed by atoms with Gasteiger partial charge in [0.15, 0.2) is 0 Å². The maximum atomic E-state index is 10.7. The Hall–Kier alpha value is -1.31. The zero-order valence-electron chi connectivity index (χ0n) is 7.29. The van der Waals surface area contributed by atoms with Crippen molar-refractivity contribution >= 4 is 5.97 Å². The maximum absolute atomic E-state index is 10.7. The Labute approximate surface area is 71.8 Å². The highest BCUT2D eigenvalue weighted by molar-refractivity contribution is 5.89. The van der Waals surface area contributed by atoms with Crippen molar-refractivity contribution in [2.24, 2.45) is 0 Å². The van der Waals surface area contributed by atoms with Crippen LogP contribution in [0.3, 0.4) is 0 Å². The summed E-state index contributed by atoms with van der Waals surface area (Å²) < 4.78 is 0. The normalized spacial score (nSPS) is 9.83. The van der Waals surface area contributed by atoms with Gasteiger partial charge in [-0.25, -0.2) is 4.79 Å². The Morgan fingerprint density at radius 2 is 2.17 bits per heavy atom. The highest BCUT2D eigenvalue weighted by atomic mass is 16.4. The highest BCUT2D eigenvalue weighted by Gasteiger charge is 2.06. The minimum atomic E-state index is -0.845. The van der Waals surface area contributed by atoms with Gasteiger partial charge in [0, 0.05) is 0 Å². The molecule has 2 heteroatoms. The molecule has 0 amide bonds. The molecule has 0 radical (unpaired) electrons. The minimum absolute atomic E-state index is 0.411. The van der Waals surface area contributed by atoms with Crippen LogP contribution in [-0.2, 0) is 6.42 Å². The first kappa shape index (κ1) is 8.78. The Morgan fingerprint density at radius 3 is 2.67 bits per heavy atom. The van der Waals surface area contributed by atoms with E-state index in [2.05, 4.69) is 0 Å². The van der Waals surface area contributed by atoms with Crippen molar-refractivity contribution in [3.63, 3.8) is 0 Å². The van der Waals surface area contributed by atoms with Crippen LogP contribution in [0.5, 0.6) is 0 Å². The average Bonchev–Trinajstić information content (AvgIpc) is 2.05. The fourth-order valence-corrected chi connectivity index (χ4v) is 1.12.